The molecule has 0 saturated carbocycles. The number of aromatic amines is 2. The number of hydrogen-bond acceptors (Lipinski definition) is 2. The van der Waals surface area contributed by atoms with E-state index >= 15 is 0 Å². The molecule has 0 aliphatic carbocycles. The van der Waals surface area contributed by atoms with E-state index in [1.54, 1.807) is 0 Å². The van der Waals surface area contributed by atoms with Crippen LogP contribution < -0.4 is 0 Å². The van der Waals surface area contributed by atoms with Gasteiger partial charge in [-0.05, 0) is 36.2 Å². The van der Waals surface area contributed by atoms with Gasteiger partial charge in [0.2, 0.25) is 0 Å². The Balaban J connectivity index is 2.00. The Kier molecular flexibility index (Phi) is 2.66. The third-order valence-corrected chi connectivity index (χ3v) is 4.17. The molecule has 0 atom stereocenters. The van der Waals surface area contributed by atoms with E-state index in [0.717, 1.165) is 33.8 Å². The van der Waals surface area contributed by atoms with Crippen LogP contribution in [0.1, 0.15) is 12.5 Å². The molecule has 0 unspecified atom stereocenters. The lowest BCUT2D eigenvalue weighted by Gasteiger charge is -1.98. The fourth-order valence-electron chi connectivity index (χ4n) is 2.93. The van der Waals surface area contributed by atoms with Gasteiger partial charge in [0, 0.05) is 21.8 Å². The molecule has 0 radical (unpaired) electrons. The van der Waals surface area contributed by atoms with Gasteiger partial charge in [-0.3, -0.25) is 0 Å². The number of benzene rings is 2. The quantitative estimate of drug-likeness (QED) is 0.445. The molecule has 2 aromatic heterocycles. The molecule has 0 spiro atoms. The van der Waals surface area contributed by atoms with Crippen molar-refractivity contribution in [1.29, 1.82) is 0 Å². The Morgan fingerprint density at radius 2 is 1.45 bits per heavy atom. The smallest absolute Gasteiger partial charge is 0.150 e. The lowest BCUT2D eigenvalue weighted by molar-refractivity contribution is 0.475. The minimum Gasteiger partial charge on any atom is -0.505 e. The summed E-state index contributed by atoms with van der Waals surface area (Å²) >= 11 is 0. The van der Waals surface area contributed by atoms with Crippen molar-refractivity contribution in [2.24, 2.45) is 0 Å². The third kappa shape index (κ3) is 1.70. The highest BCUT2D eigenvalue weighted by molar-refractivity contribution is 5.99. The molecule has 0 aliphatic rings. The second-order valence-electron chi connectivity index (χ2n) is 5.48. The third-order valence-electron chi connectivity index (χ3n) is 4.17. The van der Waals surface area contributed by atoms with Crippen molar-refractivity contribution in [3.8, 4) is 22.9 Å². The fourth-order valence-corrected chi connectivity index (χ4v) is 2.93. The maximum atomic E-state index is 10.6. The molecule has 22 heavy (non-hydrogen) atoms. The highest BCUT2D eigenvalue weighted by Gasteiger charge is 2.19. The monoisotopic (exact) mass is 292 g/mol. The SMILES string of the molecule is CCc1ccc2[nH]c(-c3[nH]c4ccccc4c3O)c(O)c2c1. The summed E-state index contributed by atoms with van der Waals surface area (Å²) in [6, 6.07) is 13.5. The van der Waals surface area contributed by atoms with Gasteiger partial charge in [-0.15, -0.1) is 0 Å². The van der Waals surface area contributed by atoms with Crippen molar-refractivity contribution >= 4 is 21.8 Å². The molecule has 0 fully saturated rings. The summed E-state index contributed by atoms with van der Waals surface area (Å²) in [5, 5.41) is 22.5. The molecule has 4 heteroatoms. The van der Waals surface area contributed by atoms with E-state index in [-0.39, 0.29) is 11.5 Å². The van der Waals surface area contributed by atoms with E-state index in [1.165, 1.54) is 0 Å². The molecule has 0 saturated heterocycles. The van der Waals surface area contributed by atoms with E-state index < -0.39 is 0 Å². The predicted molar refractivity (Wildman–Crippen MR) is 88.3 cm³/mol. The summed E-state index contributed by atoms with van der Waals surface area (Å²) < 4.78 is 0. The predicted octanol–water partition coefficient (Wildman–Crippen LogP) is 4.29. The van der Waals surface area contributed by atoms with Gasteiger partial charge in [-0.2, -0.15) is 0 Å². The highest BCUT2D eigenvalue weighted by atomic mass is 16.3. The zero-order chi connectivity index (χ0) is 15.3. The number of fused-ring (bicyclic) bond motifs is 2. The van der Waals surface area contributed by atoms with Crippen LogP contribution in [0.5, 0.6) is 11.5 Å². The number of aromatic hydroxyl groups is 2. The number of aromatic nitrogens is 2. The maximum Gasteiger partial charge on any atom is 0.150 e. The first kappa shape index (κ1) is 12.8. The molecule has 4 N–H and O–H groups in total. The Morgan fingerprint density at radius 1 is 0.818 bits per heavy atom. The standard InChI is InChI=1S/C18H16N2O2/c1-2-10-7-8-14-12(9-10)18(22)16(20-14)15-17(21)11-5-3-4-6-13(11)19-15/h3-9,19-22H,2H2,1H3. The first-order valence-corrected chi connectivity index (χ1v) is 7.32. The van der Waals surface area contributed by atoms with E-state index in [0.29, 0.717) is 11.4 Å². The molecule has 0 bridgehead atoms. The maximum absolute atomic E-state index is 10.6. The molecule has 4 rings (SSSR count). The van der Waals surface area contributed by atoms with Crippen LogP contribution >= 0.6 is 0 Å². The van der Waals surface area contributed by atoms with Crippen molar-refractivity contribution in [3.63, 3.8) is 0 Å². The minimum atomic E-state index is 0.146. The highest BCUT2D eigenvalue weighted by Crippen LogP contribution is 2.42. The van der Waals surface area contributed by atoms with Gasteiger partial charge >= 0.3 is 0 Å². The van der Waals surface area contributed by atoms with Gasteiger partial charge in [-0.1, -0.05) is 25.1 Å². The average Bonchev–Trinajstić information content (AvgIpc) is 3.05. The first-order chi connectivity index (χ1) is 10.7. The van der Waals surface area contributed by atoms with Gasteiger partial charge in [0.25, 0.3) is 0 Å². The zero-order valence-corrected chi connectivity index (χ0v) is 12.1. The second kappa shape index (κ2) is 4.56. The van der Waals surface area contributed by atoms with E-state index in [2.05, 4.69) is 16.9 Å². The van der Waals surface area contributed by atoms with Crippen molar-refractivity contribution < 1.29 is 10.2 Å². The van der Waals surface area contributed by atoms with Crippen LogP contribution in [0.2, 0.25) is 0 Å². The number of para-hydroxylation sites is 1. The summed E-state index contributed by atoms with van der Waals surface area (Å²) in [6.07, 6.45) is 0.910. The average molecular weight is 292 g/mol. The normalized spacial score (nSPS) is 11.5. The molecular formula is C18H16N2O2. The summed E-state index contributed by atoms with van der Waals surface area (Å²) in [6.45, 7) is 2.08. The van der Waals surface area contributed by atoms with Crippen molar-refractivity contribution in [2.75, 3.05) is 0 Å². The van der Waals surface area contributed by atoms with Gasteiger partial charge in [0.1, 0.15) is 11.4 Å². The number of nitrogens with one attached hydrogen (secondary N) is 2. The van der Waals surface area contributed by atoms with Crippen LogP contribution in [-0.4, -0.2) is 20.2 Å². The lowest BCUT2D eigenvalue weighted by atomic mass is 10.1. The summed E-state index contributed by atoms with van der Waals surface area (Å²) in [5.41, 5.74) is 3.86. The minimum absolute atomic E-state index is 0.146. The topological polar surface area (TPSA) is 72.0 Å². The van der Waals surface area contributed by atoms with Crippen molar-refractivity contribution in [1.82, 2.24) is 9.97 Å². The largest absolute Gasteiger partial charge is 0.505 e. The van der Waals surface area contributed by atoms with E-state index in [4.69, 9.17) is 0 Å². The summed E-state index contributed by atoms with van der Waals surface area (Å²) in [7, 11) is 0. The number of hydrogen-bond donors (Lipinski definition) is 4. The lowest BCUT2D eigenvalue weighted by Crippen LogP contribution is -1.78. The first-order valence-electron chi connectivity index (χ1n) is 7.32. The van der Waals surface area contributed by atoms with E-state index in [9.17, 15) is 10.2 Å². The molecule has 4 nitrogen and oxygen atoms in total. The van der Waals surface area contributed by atoms with Crippen LogP contribution in [0.4, 0.5) is 0 Å². The van der Waals surface area contributed by atoms with Gasteiger partial charge in [0.15, 0.2) is 11.5 Å². The van der Waals surface area contributed by atoms with E-state index in [1.807, 2.05) is 42.5 Å². The molecule has 4 aromatic rings. The van der Waals surface area contributed by atoms with Gasteiger partial charge < -0.3 is 20.2 Å². The Bertz CT molecular complexity index is 995. The molecule has 0 aliphatic heterocycles. The van der Waals surface area contributed by atoms with Crippen molar-refractivity contribution in [3.05, 3.63) is 48.0 Å². The van der Waals surface area contributed by atoms with Gasteiger partial charge in [0.05, 0.1) is 0 Å². The van der Waals surface area contributed by atoms with Crippen molar-refractivity contribution in [2.45, 2.75) is 13.3 Å². The summed E-state index contributed by atoms with van der Waals surface area (Å²) in [5.74, 6) is 0.306. The Hall–Kier alpha value is -2.88. The van der Waals surface area contributed by atoms with Gasteiger partial charge in [-0.25, -0.2) is 0 Å². The molecule has 110 valence electrons. The zero-order valence-electron chi connectivity index (χ0n) is 12.1. The molecular weight excluding hydrogens is 276 g/mol. The van der Waals surface area contributed by atoms with Crippen LogP contribution in [-0.2, 0) is 6.42 Å². The fraction of sp³-hybridized carbons (Fsp3) is 0.111. The number of aryl methyl sites for hydroxylation is 1. The van der Waals surface area contributed by atoms with Crippen LogP contribution in [0, 0.1) is 0 Å². The Labute approximate surface area is 127 Å². The molecule has 0 amide bonds. The van der Waals surface area contributed by atoms with Crippen LogP contribution in [0.3, 0.4) is 0 Å². The number of rotatable bonds is 2. The Morgan fingerprint density at radius 3 is 2.14 bits per heavy atom. The molecule has 2 aromatic carbocycles. The number of H-pyrrole nitrogens is 2. The second-order valence-corrected chi connectivity index (χ2v) is 5.48. The molecule has 2 heterocycles. The van der Waals surface area contributed by atoms with Crippen LogP contribution in [0.25, 0.3) is 33.2 Å². The van der Waals surface area contributed by atoms with Crippen LogP contribution in [0.15, 0.2) is 42.5 Å². The summed E-state index contributed by atoms with van der Waals surface area (Å²) in [4.78, 5) is 6.36.